The zero-order valence-electron chi connectivity index (χ0n) is 12.5. The molecule has 3 rings (SSSR count). The highest BCUT2D eigenvalue weighted by molar-refractivity contribution is 6.16. The third-order valence-corrected chi connectivity index (χ3v) is 3.84. The van der Waals surface area contributed by atoms with Crippen molar-refractivity contribution in [3.63, 3.8) is 0 Å². The van der Waals surface area contributed by atoms with Crippen LogP contribution >= 0.6 is 0 Å². The number of nitrogens with zero attached hydrogens (tertiary/aromatic N) is 2. The fourth-order valence-electron chi connectivity index (χ4n) is 2.70. The predicted octanol–water partition coefficient (Wildman–Crippen LogP) is 1.64. The largest absolute Gasteiger partial charge is 0.359 e. The first kappa shape index (κ1) is 15.8. The van der Waals surface area contributed by atoms with Crippen LogP contribution < -0.4 is 0 Å². The molecule has 1 heterocycles. The van der Waals surface area contributed by atoms with Crippen molar-refractivity contribution >= 4 is 17.4 Å². The lowest BCUT2D eigenvalue weighted by Crippen LogP contribution is -2.57. The van der Waals surface area contributed by atoms with Crippen LogP contribution in [0, 0.1) is 10.1 Å². The van der Waals surface area contributed by atoms with E-state index in [1.54, 1.807) is 12.1 Å². The topological polar surface area (TPSA) is 110 Å². The van der Waals surface area contributed by atoms with Crippen LogP contribution in [0.2, 0.25) is 0 Å². The number of rotatable bonds is 3. The minimum absolute atomic E-state index is 0.0183. The molecule has 1 aliphatic heterocycles. The van der Waals surface area contributed by atoms with Crippen molar-refractivity contribution in [3.05, 3.63) is 75.3 Å². The van der Waals surface area contributed by atoms with Gasteiger partial charge in [-0.3, -0.25) is 24.5 Å². The van der Waals surface area contributed by atoms with Crippen LogP contribution in [-0.4, -0.2) is 33.9 Å². The molecule has 1 atom stereocenters. The molecular weight excluding hydrogens is 316 g/mol. The first-order valence-corrected chi connectivity index (χ1v) is 6.91. The average Bonchev–Trinajstić information content (AvgIpc) is 2.60. The number of nitro groups is 1. The van der Waals surface area contributed by atoms with E-state index in [0.717, 1.165) is 13.2 Å². The van der Waals surface area contributed by atoms with Crippen molar-refractivity contribution in [2.75, 3.05) is 7.11 Å². The van der Waals surface area contributed by atoms with Gasteiger partial charge in [0.05, 0.1) is 17.6 Å². The van der Waals surface area contributed by atoms with Gasteiger partial charge in [-0.25, -0.2) is 0 Å². The van der Waals surface area contributed by atoms with Gasteiger partial charge in [0.1, 0.15) is 0 Å². The van der Waals surface area contributed by atoms with Crippen molar-refractivity contribution in [3.8, 4) is 0 Å². The van der Waals surface area contributed by atoms with Crippen molar-refractivity contribution in [1.29, 1.82) is 0 Å². The van der Waals surface area contributed by atoms with E-state index in [0.29, 0.717) is 5.06 Å². The Morgan fingerprint density at radius 2 is 1.79 bits per heavy atom. The Balaban J connectivity index is 2.25. The van der Waals surface area contributed by atoms with Crippen LogP contribution in [0.1, 0.15) is 26.3 Å². The fraction of sp³-hybridized carbons (Fsp3) is 0.125. The smallest absolute Gasteiger partial charge is 0.281 e. The van der Waals surface area contributed by atoms with Gasteiger partial charge in [0.25, 0.3) is 17.3 Å². The van der Waals surface area contributed by atoms with Gasteiger partial charge in [-0.15, -0.1) is 0 Å². The normalized spacial score (nSPS) is 20.0. The van der Waals surface area contributed by atoms with Gasteiger partial charge in [-0.1, -0.05) is 30.3 Å². The van der Waals surface area contributed by atoms with E-state index in [2.05, 4.69) is 0 Å². The molecule has 1 N–H and O–H groups in total. The molecule has 8 heteroatoms. The van der Waals surface area contributed by atoms with Crippen LogP contribution in [0.25, 0.3) is 0 Å². The molecule has 0 fully saturated rings. The lowest BCUT2D eigenvalue weighted by Gasteiger charge is -2.39. The highest BCUT2D eigenvalue weighted by Gasteiger charge is 2.53. The zero-order valence-corrected chi connectivity index (χ0v) is 12.5. The second-order valence-electron chi connectivity index (χ2n) is 5.14. The molecule has 1 amide bonds. The van der Waals surface area contributed by atoms with Gasteiger partial charge < -0.3 is 5.11 Å². The summed E-state index contributed by atoms with van der Waals surface area (Å²) in [7, 11) is 1.13. The van der Waals surface area contributed by atoms with Gasteiger partial charge in [-0.2, -0.15) is 5.06 Å². The summed E-state index contributed by atoms with van der Waals surface area (Å²) >= 11 is 0. The molecule has 0 saturated heterocycles. The molecule has 122 valence electrons. The molecule has 1 unspecified atom stereocenters. The van der Waals surface area contributed by atoms with Crippen molar-refractivity contribution in [1.82, 2.24) is 5.06 Å². The quantitative estimate of drug-likeness (QED) is 0.677. The maximum Gasteiger partial charge on any atom is 0.281 e. The Hall–Kier alpha value is -3.10. The number of hydroxylamine groups is 2. The number of fused-ring (bicyclic) bond motifs is 1. The van der Waals surface area contributed by atoms with Crippen LogP contribution in [0.5, 0.6) is 0 Å². The Morgan fingerprint density at radius 1 is 1.12 bits per heavy atom. The summed E-state index contributed by atoms with van der Waals surface area (Å²) in [6.45, 7) is 0. The maximum absolute atomic E-state index is 12.8. The van der Waals surface area contributed by atoms with Gasteiger partial charge in [0, 0.05) is 23.3 Å². The maximum atomic E-state index is 12.8. The van der Waals surface area contributed by atoms with Crippen molar-refractivity contribution in [2.24, 2.45) is 0 Å². The van der Waals surface area contributed by atoms with Gasteiger partial charge in [-0.05, 0) is 6.07 Å². The Morgan fingerprint density at radius 3 is 2.42 bits per heavy atom. The van der Waals surface area contributed by atoms with Crippen LogP contribution in [-0.2, 0) is 10.6 Å². The summed E-state index contributed by atoms with van der Waals surface area (Å²) in [5, 5.41) is 22.5. The first-order chi connectivity index (χ1) is 11.4. The van der Waals surface area contributed by atoms with Crippen molar-refractivity contribution in [2.45, 2.75) is 5.72 Å². The second-order valence-corrected chi connectivity index (χ2v) is 5.14. The van der Waals surface area contributed by atoms with E-state index in [-0.39, 0.29) is 22.4 Å². The van der Waals surface area contributed by atoms with E-state index in [1.165, 1.54) is 30.3 Å². The summed E-state index contributed by atoms with van der Waals surface area (Å²) < 4.78 is 0. The van der Waals surface area contributed by atoms with Crippen molar-refractivity contribution < 1.29 is 24.5 Å². The van der Waals surface area contributed by atoms with E-state index >= 15 is 0 Å². The first-order valence-electron chi connectivity index (χ1n) is 6.91. The standard InChI is InChI=1S/C16H12N2O6/c1-24-17-15(20)13-8-3-2-7-12(13)14(19)16(17,21)10-5-4-6-11(9-10)18(22)23/h2-9,21H,1H3. The molecular formula is C16H12N2O6. The molecule has 2 aromatic rings. The molecule has 2 aromatic carbocycles. The Labute approximate surface area is 136 Å². The molecule has 0 aliphatic carbocycles. The molecule has 8 nitrogen and oxygen atoms in total. The van der Waals surface area contributed by atoms with Crippen LogP contribution in [0.4, 0.5) is 5.69 Å². The number of nitro benzene ring substituents is 1. The molecule has 0 aromatic heterocycles. The van der Waals surface area contributed by atoms with Gasteiger partial charge in [0.2, 0.25) is 5.78 Å². The second kappa shape index (κ2) is 5.52. The highest BCUT2D eigenvalue weighted by atomic mass is 16.7. The summed E-state index contributed by atoms with van der Waals surface area (Å²) in [5.74, 6) is -1.53. The number of ketones is 1. The van der Waals surface area contributed by atoms with E-state index < -0.39 is 22.3 Å². The molecule has 0 spiro atoms. The summed E-state index contributed by atoms with van der Waals surface area (Å²) in [6.07, 6.45) is 0. The fourth-order valence-corrected chi connectivity index (χ4v) is 2.70. The summed E-state index contributed by atoms with van der Waals surface area (Å²) in [6, 6.07) is 10.9. The van der Waals surface area contributed by atoms with E-state index in [9.17, 15) is 24.8 Å². The van der Waals surface area contributed by atoms with E-state index in [1.807, 2.05) is 0 Å². The monoisotopic (exact) mass is 328 g/mol. The molecule has 0 radical (unpaired) electrons. The SMILES string of the molecule is CON1C(=O)c2ccccc2C(=O)C1(O)c1cccc([N+](=O)[O-])c1. The minimum atomic E-state index is -2.49. The number of benzene rings is 2. The molecule has 1 aliphatic rings. The third-order valence-electron chi connectivity index (χ3n) is 3.84. The zero-order chi connectivity index (χ0) is 17.5. The number of Topliss-reactive ketones (excluding diaryl/α,β-unsaturated/α-hetero) is 1. The van der Waals surface area contributed by atoms with Crippen LogP contribution in [0.15, 0.2) is 48.5 Å². The lowest BCUT2D eigenvalue weighted by atomic mass is 9.86. The number of hydrogen-bond donors (Lipinski definition) is 1. The van der Waals surface area contributed by atoms with E-state index in [4.69, 9.17) is 4.84 Å². The molecule has 24 heavy (non-hydrogen) atoms. The number of carbonyl (C=O) groups excluding carboxylic acids is 2. The predicted molar refractivity (Wildman–Crippen MR) is 80.9 cm³/mol. The molecule has 0 saturated carbocycles. The number of carbonyl (C=O) groups is 2. The minimum Gasteiger partial charge on any atom is -0.359 e. The van der Waals surface area contributed by atoms with Gasteiger partial charge >= 0.3 is 0 Å². The third kappa shape index (κ3) is 2.08. The number of hydrogen-bond acceptors (Lipinski definition) is 6. The lowest BCUT2D eigenvalue weighted by molar-refractivity contribution is -0.385. The van der Waals surface area contributed by atoms with Gasteiger partial charge in [0.15, 0.2) is 0 Å². The highest BCUT2D eigenvalue weighted by Crippen LogP contribution is 2.37. The summed E-state index contributed by atoms with van der Waals surface area (Å²) in [4.78, 5) is 40.6. The number of aliphatic hydroxyl groups is 1. The average molecular weight is 328 g/mol. The Bertz CT molecular complexity index is 865. The summed E-state index contributed by atoms with van der Waals surface area (Å²) in [5.41, 5.74) is -2.85. The Kier molecular flexibility index (Phi) is 3.63. The number of amides is 1. The van der Waals surface area contributed by atoms with Crippen LogP contribution in [0.3, 0.4) is 0 Å². The molecule has 0 bridgehead atoms. The number of non-ortho nitro benzene ring substituents is 1.